The SMILES string of the molecule is COC(=O)c1cccc(Cc2c[nH]c3ccc(OC/C(C(=O)C(C)C)=C(/N)c4c(Cl)cccc4Cl)cc23)c1. The lowest BCUT2D eigenvalue weighted by molar-refractivity contribution is -0.118. The molecule has 0 aliphatic carbocycles. The highest BCUT2D eigenvalue weighted by atomic mass is 35.5. The minimum Gasteiger partial charge on any atom is -0.489 e. The smallest absolute Gasteiger partial charge is 0.337 e. The van der Waals surface area contributed by atoms with Crippen molar-refractivity contribution < 1.29 is 19.1 Å². The Morgan fingerprint density at radius 2 is 1.71 bits per heavy atom. The molecular formula is C30H28Cl2N2O4. The third-order valence-corrected chi connectivity index (χ3v) is 6.87. The van der Waals surface area contributed by atoms with Crippen LogP contribution in [-0.2, 0) is 16.0 Å². The molecule has 0 amide bonds. The van der Waals surface area contributed by atoms with Gasteiger partial charge in [-0.05, 0) is 60.0 Å². The normalized spacial score (nSPS) is 11.9. The Labute approximate surface area is 231 Å². The van der Waals surface area contributed by atoms with Gasteiger partial charge in [-0.25, -0.2) is 4.79 Å². The Bertz CT molecular complexity index is 1520. The van der Waals surface area contributed by atoms with E-state index >= 15 is 0 Å². The average molecular weight is 551 g/mol. The quantitative estimate of drug-likeness (QED) is 0.176. The van der Waals surface area contributed by atoms with Crippen LogP contribution in [0, 0.1) is 5.92 Å². The second-order valence-corrected chi connectivity index (χ2v) is 10.0. The largest absolute Gasteiger partial charge is 0.489 e. The molecule has 0 fully saturated rings. The first kappa shape index (κ1) is 27.3. The van der Waals surface area contributed by atoms with Crippen molar-refractivity contribution in [2.75, 3.05) is 13.7 Å². The van der Waals surface area contributed by atoms with Crippen LogP contribution in [0.1, 0.15) is 40.9 Å². The van der Waals surface area contributed by atoms with E-state index in [2.05, 4.69) is 4.98 Å². The monoisotopic (exact) mass is 550 g/mol. The zero-order valence-corrected chi connectivity index (χ0v) is 22.8. The Balaban J connectivity index is 1.63. The summed E-state index contributed by atoms with van der Waals surface area (Å²) in [6, 6.07) is 18.1. The molecular weight excluding hydrogens is 523 g/mol. The van der Waals surface area contributed by atoms with Gasteiger partial charge in [0.2, 0.25) is 0 Å². The highest BCUT2D eigenvalue weighted by Crippen LogP contribution is 2.32. The molecule has 3 N–H and O–H groups in total. The number of nitrogens with two attached hydrogens (primary N) is 1. The van der Waals surface area contributed by atoms with Crippen molar-refractivity contribution in [2.45, 2.75) is 20.3 Å². The average Bonchev–Trinajstić information content (AvgIpc) is 3.30. The predicted octanol–water partition coefficient (Wildman–Crippen LogP) is 6.83. The molecule has 0 saturated carbocycles. The second-order valence-electron chi connectivity index (χ2n) is 9.19. The Morgan fingerprint density at radius 1 is 1.00 bits per heavy atom. The molecule has 8 heteroatoms. The molecule has 0 aliphatic heterocycles. The van der Waals surface area contributed by atoms with E-state index in [4.69, 9.17) is 38.4 Å². The van der Waals surface area contributed by atoms with Crippen molar-refractivity contribution in [3.63, 3.8) is 0 Å². The molecule has 6 nitrogen and oxygen atoms in total. The Kier molecular flexibility index (Phi) is 8.45. The molecule has 0 bridgehead atoms. The molecule has 0 saturated heterocycles. The summed E-state index contributed by atoms with van der Waals surface area (Å²) in [4.78, 5) is 28.3. The minimum atomic E-state index is -0.376. The second kappa shape index (κ2) is 11.8. The summed E-state index contributed by atoms with van der Waals surface area (Å²) in [5, 5.41) is 1.69. The molecule has 0 radical (unpaired) electrons. The van der Waals surface area contributed by atoms with E-state index in [0.717, 1.165) is 22.0 Å². The molecule has 3 aromatic carbocycles. The summed E-state index contributed by atoms with van der Waals surface area (Å²) >= 11 is 12.7. The molecule has 38 heavy (non-hydrogen) atoms. The maximum absolute atomic E-state index is 13.1. The van der Waals surface area contributed by atoms with Crippen LogP contribution in [0.15, 0.2) is 72.4 Å². The fourth-order valence-electron chi connectivity index (χ4n) is 4.23. The van der Waals surface area contributed by atoms with Crippen molar-refractivity contribution in [1.29, 1.82) is 0 Å². The number of methoxy groups -OCH3 is 1. The first-order chi connectivity index (χ1) is 18.2. The highest BCUT2D eigenvalue weighted by molar-refractivity contribution is 6.37. The number of ketones is 1. The molecule has 4 rings (SSSR count). The number of rotatable bonds is 9. The molecule has 4 aromatic rings. The number of halogens is 2. The molecule has 196 valence electrons. The van der Waals surface area contributed by atoms with Crippen molar-refractivity contribution in [2.24, 2.45) is 11.7 Å². The lowest BCUT2D eigenvalue weighted by Crippen LogP contribution is -2.21. The van der Waals surface area contributed by atoms with Crippen LogP contribution in [0.3, 0.4) is 0 Å². The van der Waals surface area contributed by atoms with Gasteiger partial charge in [0.25, 0.3) is 0 Å². The van der Waals surface area contributed by atoms with Crippen LogP contribution in [-0.4, -0.2) is 30.5 Å². The van der Waals surface area contributed by atoms with Crippen molar-refractivity contribution in [3.8, 4) is 5.75 Å². The summed E-state index contributed by atoms with van der Waals surface area (Å²) in [5.74, 6) is -0.243. The van der Waals surface area contributed by atoms with Gasteiger partial charge < -0.3 is 20.2 Å². The topological polar surface area (TPSA) is 94.4 Å². The lowest BCUT2D eigenvalue weighted by atomic mass is 9.97. The van der Waals surface area contributed by atoms with Gasteiger partial charge in [-0.15, -0.1) is 0 Å². The number of benzene rings is 3. The number of Topliss-reactive ketones (excluding diaryl/α,β-unsaturated/α-hetero) is 1. The summed E-state index contributed by atoms with van der Waals surface area (Å²) in [7, 11) is 1.36. The summed E-state index contributed by atoms with van der Waals surface area (Å²) in [6.07, 6.45) is 2.54. The molecule has 1 aromatic heterocycles. The zero-order valence-electron chi connectivity index (χ0n) is 21.3. The number of ether oxygens (including phenoxy) is 2. The van der Waals surface area contributed by atoms with E-state index in [1.54, 1.807) is 38.1 Å². The van der Waals surface area contributed by atoms with E-state index in [1.165, 1.54) is 7.11 Å². The van der Waals surface area contributed by atoms with Gasteiger partial charge in [0, 0.05) is 28.6 Å². The highest BCUT2D eigenvalue weighted by Gasteiger charge is 2.22. The van der Waals surface area contributed by atoms with Crippen LogP contribution < -0.4 is 10.5 Å². The van der Waals surface area contributed by atoms with Crippen molar-refractivity contribution in [3.05, 3.63) is 105 Å². The van der Waals surface area contributed by atoms with Gasteiger partial charge in [0.1, 0.15) is 12.4 Å². The number of carbonyl (C=O) groups excluding carboxylic acids is 2. The van der Waals surface area contributed by atoms with E-state index in [-0.39, 0.29) is 30.0 Å². The van der Waals surface area contributed by atoms with Gasteiger partial charge in [-0.1, -0.05) is 55.2 Å². The number of esters is 1. The van der Waals surface area contributed by atoms with Gasteiger partial charge in [-0.3, -0.25) is 4.79 Å². The third-order valence-electron chi connectivity index (χ3n) is 6.24. The number of nitrogens with one attached hydrogen (secondary N) is 1. The van der Waals surface area contributed by atoms with Gasteiger partial charge in [0.15, 0.2) is 5.78 Å². The van der Waals surface area contributed by atoms with Crippen LogP contribution in [0.4, 0.5) is 0 Å². The van der Waals surface area contributed by atoms with E-state index in [9.17, 15) is 9.59 Å². The van der Waals surface area contributed by atoms with Crippen molar-refractivity contribution in [1.82, 2.24) is 4.98 Å². The molecule has 0 aliphatic rings. The number of carbonyl (C=O) groups is 2. The van der Waals surface area contributed by atoms with E-state index in [0.29, 0.717) is 38.9 Å². The van der Waals surface area contributed by atoms with Gasteiger partial charge in [-0.2, -0.15) is 0 Å². The van der Waals surface area contributed by atoms with Crippen molar-refractivity contribution >= 4 is 51.6 Å². The minimum absolute atomic E-state index is 0.0448. The van der Waals surface area contributed by atoms with E-state index in [1.807, 2.05) is 42.6 Å². The third kappa shape index (κ3) is 5.87. The standard InChI is InChI=1S/C30H28Cl2N2O4/c1-17(2)29(35)23(28(33)27-24(31)8-5-9-25(27)32)16-38-21-10-11-26-22(14-21)20(15-34-26)13-18-6-4-7-19(12-18)30(36)37-3/h4-12,14-15,17,34H,13,16,33H2,1-3H3/b28-23-. The van der Waals surface area contributed by atoms with Crippen LogP contribution in [0.25, 0.3) is 16.6 Å². The maximum Gasteiger partial charge on any atom is 0.337 e. The molecule has 0 spiro atoms. The summed E-state index contributed by atoms with van der Waals surface area (Å²) < 4.78 is 10.9. The fourth-order valence-corrected chi connectivity index (χ4v) is 4.83. The number of H-pyrrole nitrogens is 1. The number of hydrogen-bond acceptors (Lipinski definition) is 5. The molecule has 0 atom stereocenters. The zero-order chi connectivity index (χ0) is 27.4. The maximum atomic E-state index is 13.1. The number of aromatic amines is 1. The number of fused-ring (bicyclic) bond motifs is 1. The number of aromatic nitrogens is 1. The van der Waals surface area contributed by atoms with Crippen LogP contribution >= 0.6 is 23.2 Å². The lowest BCUT2D eigenvalue weighted by Gasteiger charge is -2.16. The number of hydrogen-bond donors (Lipinski definition) is 2. The predicted molar refractivity (Wildman–Crippen MR) is 152 cm³/mol. The summed E-state index contributed by atoms with van der Waals surface area (Å²) in [5.41, 5.74) is 10.8. The molecule has 0 unspecified atom stereocenters. The van der Waals surface area contributed by atoms with Crippen LogP contribution in [0.2, 0.25) is 10.0 Å². The Hall–Kier alpha value is -3.74. The fraction of sp³-hybridized carbons (Fsp3) is 0.200. The van der Waals surface area contributed by atoms with Gasteiger partial charge in [0.05, 0.1) is 34.0 Å². The van der Waals surface area contributed by atoms with Crippen LogP contribution in [0.5, 0.6) is 5.75 Å². The van der Waals surface area contributed by atoms with E-state index < -0.39 is 0 Å². The Morgan fingerprint density at radius 3 is 2.39 bits per heavy atom. The molecule has 1 heterocycles. The first-order valence-corrected chi connectivity index (χ1v) is 12.8. The summed E-state index contributed by atoms with van der Waals surface area (Å²) in [6.45, 7) is 3.56. The first-order valence-electron chi connectivity index (χ1n) is 12.1. The van der Waals surface area contributed by atoms with Gasteiger partial charge >= 0.3 is 5.97 Å².